The maximum absolute atomic E-state index is 5.27. The van der Waals surface area contributed by atoms with Crippen LogP contribution in [0.25, 0.3) is 0 Å². The lowest BCUT2D eigenvalue weighted by Gasteiger charge is -2.26. The standard InChI is InChI=1S/C17H23N3OS/c1-12-6-3-4-9-15(12)18-17-20-19-16(11-22-17)13-7-5-8-14(10-13)21-2/h5,7-8,10,12,15H,3-4,6,9,11H2,1-2H3,(H,18,20)/t12-,15-/m1/s1. The van der Waals surface area contributed by atoms with Crippen LogP contribution < -0.4 is 10.2 Å². The minimum atomic E-state index is 0.456. The molecule has 3 rings (SSSR count). The van der Waals surface area contributed by atoms with Gasteiger partial charge in [0.15, 0.2) is 5.17 Å². The summed E-state index contributed by atoms with van der Waals surface area (Å²) in [5.74, 6) is 2.40. The summed E-state index contributed by atoms with van der Waals surface area (Å²) in [6.07, 6.45) is 5.15. The van der Waals surface area contributed by atoms with Gasteiger partial charge in [-0.1, -0.05) is 43.7 Å². The van der Waals surface area contributed by atoms with Gasteiger partial charge in [-0.3, -0.25) is 10.4 Å². The highest BCUT2D eigenvalue weighted by Crippen LogP contribution is 2.27. The highest BCUT2D eigenvalue weighted by Gasteiger charge is 2.22. The van der Waals surface area contributed by atoms with Crippen molar-refractivity contribution >= 4 is 22.6 Å². The van der Waals surface area contributed by atoms with Crippen LogP contribution in [0.5, 0.6) is 5.75 Å². The van der Waals surface area contributed by atoms with Crippen LogP contribution in [0.1, 0.15) is 38.2 Å². The number of hydrazone groups is 1. The largest absolute Gasteiger partial charge is 0.497 e. The molecule has 0 amide bonds. The molecule has 1 N–H and O–H groups in total. The number of amidine groups is 1. The van der Waals surface area contributed by atoms with Gasteiger partial charge >= 0.3 is 0 Å². The van der Waals surface area contributed by atoms with Crippen LogP contribution in [-0.2, 0) is 0 Å². The number of hydrogen-bond acceptors (Lipinski definition) is 4. The number of ether oxygens (including phenoxy) is 1. The van der Waals surface area contributed by atoms with Crippen molar-refractivity contribution in [2.45, 2.75) is 38.6 Å². The lowest BCUT2D eigenvalue weighted by molar-refractivity contribution is 0.333. The number of benzene rings is 1. The summed E-state index contributed by atoms with van der Waals surface area (Å²) in [5.41, 5.74) is 5.28. The molecule has 1 aromatic rings. The van der Waals surface area contributed by atoms with E-state index in [4.69, 9.17) is 9.73 Å². The van der Waals surface area contributed by atoms with E-state index in [9.17, 15) is 0 Å². The molecular formula is C17H23N3OS. The van der Waals surface area contributed by atoms with Gasteiger partial charge < -0.3 is 4.74 Å². The quantitative estimate of drug-likeness (QED) is 0.925. The van der Waals surface area contributed by atoms with Crippen LogP contribution in [-0.4, -0.2) is 29.8 Å². The number of thioether (sulfide) groups is 1. The molecule has 0 saturated heterocycles. The van der Waals surface area contributed by atoms with E-state index >= 15 is 0 Å². The van der Waals surface area contributed by atoms with Crippen molar-refractivity contribution in [3.8, 4) is 5.75 Å². The summed E-state index contributed by atoms with van der Waals surface area (Å²) in [5, 5.41) is 5.47. The molecule has 1 aliphatic heterocycles. The van der Waals surface area contributed by atoms with Gasteiger partial charge in [0.05, 0.1) is 18.9 Å². The molecule has 0 bridgehead atoms. The zero-order valence-electron chi connectivity index (χ0n) is 13.2. The Morgan fingerprint density at radius 1 is 1.32 bits per heavy atom. The fraction of sp³-hybridized carbons (Fsp3) is 0.529. The third-order valence-electron chi connectivity index (χ3n) is 4.38. The van der Waals surface area contributed by atoms with E-state index < -0.39 is 0 Å². The Hall–Kier alpha value is -1.49. The van der Waals surface area contributed by atoms with Crippen LogP contribution >= 0.6 is 11.8 Å². The van der Waals surface area contributed by atoms with Crippen molar-refractivity contribution in [3.05, 3.63) is 29.8 Å². The molecule has 0 aromatic heterocycles. The molecule has 5 heteroatoms. The van der Waals surface area contributed by atoms with Gasteiger partial charge in [0.1, 0.15) is 5.75 Å². The highest BCUT2D eigenvalue weighted by molar-refractivity contribution is 8.14. The van der Waals surface area contributed by atoms with Gasteiger partial charge in [0, 0.05) is 11.3 Å². The molecule has 4 nitrogen and oxygen atoms in total. The minimum Gasteiger partial charge on any atom is -0.497 e. The van der Waals surface area contributed by atoms with Gasteiger partial charge in [-0.25, -0.2) is 0 Å². The van der Waals surface area contributed by atoms with Crippen molar-refractivity contribution in [1.82, 2.24) is 5.43 Å². The van der Waals surface area contributed by atoms with Crippen molar-refractivity contribution in [1.29, 1.82) is 0 Å². The topological polar surface area (TPSA) is 46.0 Å². The van der Waals surface area contributed by atoms with E-state index in [0.29, 0.717) is 12.0 Å². The third-order valence-corrected chi connectivity index (χ3v) is 5.27. The molecule has 2 aliphatic rings. The fourth-order valence-corrected chi connectivity index (χ4v) is 3.80. The second-order valence-electron chi connectivity index (χ2n) is 5.95. The van der Waals surface area contributed by atoms with Gasteiger partial charge in [-0.15, -0.1) is 0 Å². The molecule has 0 unspecified atom stereocenters. The molecule has 1 aromatic carbocycles. The smallest absolute Gasteiger partial charge is 0.177 e. The fourth-order valence-electron chi connectivity index (χ4n) is 2.97. The molecule has 22 heavy (non-hydrogen) atoms. The van der Waals surface area contributed by atoms with Crippen LogP contribution in [0.3, 0.4) is 0 Å². The normalized spacial score (nSPS) is 27.2. The Labute approximate surface area is 136 Å². The van der Waals surface area contributed by atoms with E-state index in [0.717, 1.165) is 27.9 Å². The van der Waals surface area contributed by atoms with Gasteiger partial charge in [-0.2, -0.15) is 5.10 Å². The van der Waals surface area contributed by atoms with Crippen molar-refractivity contribution in [2.24, 2.45) is 16.0 Å². The van der Waals surface area contributed by atoms with Crippen molar-refractivity contribution in [3.63, 3.8) is 0 Å². The number of hydrogen-bond donors (Lipinski definition) is 1. The Balaban J connectivity index is 1.68. The molecule has 1 heterocycles. The average molecular weight is 317 g/mol. The van der Waals surface area contributed by atoms with E-state index in [-0.39, 0.29) is 0 Å². The summed E-state index contributed by atoms with van der Waals surface area (Å²) in [6, 6.07) is 8.48. The van der Waals surface area contributed by atoms with E-state index in [2.05, 4.69) is 23.5 Å². The first-order chi connectivity index (χ1) is 10.8. The third kappa shape index (κ3) is 3.64. The Bertz CT molecular complexity index is 585. The first-order valence-electron chi connectivity index (χ1n) is 7.94. The maximum atomic E-state index is 5.27. The number of methoxy groups -OCH3 is 1. The second-order valence-corrected chi connectivity index (χ2v) is 6.92. The second kappa shape index (κ2) is 7.18. The maximum Gasteiger partial charge on any atom is 0.177 e. The summed E-state index contributed by atoms with van der Waals surface area (Å²) in [7, 11) is 1.69. The predicted octanol–water partition coefficient (Wildman–Crippen LogP) is 3.67. The van der Waals surface area contributed by atoms with E-state index in [1.165, 1.54) is 25.7 Å². The van der Waals surface area contributed by atoms with Gasteiger partial charge in [0.25, 0.3) is 0 Å². The molecule has 118 valence electrons. The zero-order chi connectivity index (χ0) is 15.4. The van der Waals surface area contributed by atoms with Crippen LogP contribution in [0.2, 0.25) is 0 Å². The summed E-state index contributed by atoms with van der Waals surface area (Å²) in [6.45, 7) is 2.31. The van der Waals surface area contributed by atoms with Crippen LogP contribution in [0, 0.1) is 5.92 Å². The lowest BCUT2D eigenvalue weighted by Crippen LogP contribution is -2.29. The van der Waals surface area contributed by atoms with Gasteiger partial charge in [-0.05, 0) is 30.9 Å². The summed E-state index contributed by atoms with van der Waals surface area (Å²) >= 11 is 1.74. The average Bonchev–Trinajstić information content (AvgIpc) is 2.58. The lowest BCUT2D eigenvalue weighted by atomic mass is 9.86. The Kier molecular flexibility index (Phi) is 5.03. The number of aliphatic imine (C=N–C) groups is 1. The predicted molar refractivity (Wildman–Crippen MR) is 94.0 cm³/mol. The number of nitrogens with zero attached hydrogens (tertiary/aromatic N) is 2. The molecule has 1 saturated carbocycles. The first-order valence-corrected chi connectivity index (χ1v) is 8.92. The molecular weight excluding hydrogens is 294 g/mol. The van der Waals surface area contributed by atoms with Crippen LogP contribution in [0.4, 0.5) is 0 Å². The van der Waals surface area contributed by atoms with Crippen LogP contribution in [0.15, 0.2) is 34.4 Å². The monoisotopic (exact) mass is 317 g/mol. The van der Waals surface area contributed by atoms with Crippen molar-refractivity contribution < 1.29 is 4.74 Å². The zero-order valence-corrected chi connectivity index (χ0v) is 14.0. The molecule has 0 spiro atoms. The Morgan fingerprint density at radius 3 is 2.91 bits per heavy atom. The molecule has 1 fully saturated rings. The summed E-state index contributed by atoms with van der Waals surface area (Å²) < 4.78 is 5.27. The highest BCUT2D eigenvalue weighted by atomic mass is 32.2. The first kappa shape index (κ1) is 15.4. The van der Waals surface area contributed by atoms with Gasteiger partial charge in [0.2, 0.25) is 0 Å². The van der Waals surface area contributed by atoms with E-state index in [1.807, 2.05) is 18.2 Å². The SMILES string of the molecule is COc1cccc(C2=NNC(=N[C@@H]3CCCC[C@H]3C)SC2)c1. The number of rotatable bonds is 3. The summed E-state index contributed by atoms with van der Waals surface area (Å²) in [4.78, 5) is 4.87. The number of nitrogens with one attached hydrogen (secondary N) is 1. The molecule has 2 atom stereocenters. The minimum absolute atomic E-state index is 0.456. The Morgan fingerprint density at radius 2 is 2.18 bits per heavy atom. The molecule has 1 aliphatic carbocycles. The molecule has 0 radical (unpaired) electrons. The van der Waals surface area contributed by atoms with Crippen molar-refractivity contribution in [2.75, 3.05) is 12.9 Å². The van der Waals surface area contributed by atoms with E-state index in [1.54, 1.807) is 18.9 Å².